The number of hydrogen-bond donors (Lipinski definition) is 2. The van der Waals surface area contributed by atoms with E-state index in [2.05, 4.69) is 5.32 Å². The SMILES string of the molecule is COc1ccc(C2C3=CCC4C(=O)N(c5ccc(Nc6ccccc6)cc5)C(=O)C4C3CC3C(=O)N(c4ccc(F)c(Cl)c4)C(=O)C32C)c(O)c1. The Hall–Kier alpha value is -5.48. The predicted octanol–water partition coefficient (Wildman–Crippen LogP) is 7.37. The van der Waals surface area contributed by atoms with Gasteiger partial charge in [0.15, 0.2) is 0 Å². The Morgan fingerprint density at radius 2 is 1.55 bits per heavy atom. The number of carbonyl (C=O) groups excluding carboxylic acids is 4. The molecule has 9 nitrogen and oxygen atoms in total. The van der Waals surface area contributed by atoms with Gasteiger partial charge >= 0.3 is 0 Å². The molecule has 2 aliphatic carbocycles. The summed E-state index contributed by atoms with van der Waals surface area (Å²) in [5.74, 6) is -5.95. The number of ether oxygens (including phenoxy) is 1. The predicted molar refractivity (Wildman–Crippen MR) is 189 cm³/mol. The monoisotopic (exact) mass is 705 g/mol. The molecule has 0 spiro atoms. The van der Waals surface area contributed by atoms with Crippen molar-refractivity contribution in [1.82, 2.24) is 0 Å². The molecule has 11 heteroatoms. The van der Waals surface area contributed by atoms with Crippen molar-refractivity contribution < 1.29 is 33.4 Å². The van der Waals surface area contributed by atoms with Crippen molar-refractivity contribution in [2.75, 3.05) is 22.2 Å². The lowest BCUT2D eigenvalue weighted by atomic mass is 9.51. The maximum Gasteiger partial charge on any atom is 0.241 e. The number of rotatable bonds is 6. The third-order valence-corrected chi connectivity index (χ3v) is 11.5. The highest BCUT2D eigenvalue weighted by Gasteiger charge is 2.68. The molecule has 4 aromatic carbocycles. The van der Waals surface area contributed by atoms with E-state index in [1.54, 1.807) is 31.2 Å². The van der Waals surface area contributed by atoms with Crippen molar-refractivity contribution in [3.05, 3.63) is 119 Å². The highest BCUT2D eigenvalue weighted by Crippen LogP contribution is 2.64. The summed E-state index contributed by atoms with van der Waals surface area (Å²) < 4.78 is 19.5. The number of methoxy groups -OCH3 is 1. The van der Waals surface area contributed by atoms with E-state index in [4.69, 9.17) is 16.3 Å². The molecule has 0 aromatic heterocycles. The zero-order valence-corrected chi connectivity index (χ0v) is 28.4. The second-order valence-corrected chi connectivity index (χ2v) is 14.1. The van der Waals surface area contributed by atoms with E-state index in [-0.39, 0.29) is 41.1 Å². The van der Waals surface area contributed by atoms with Gasteiger partial charge in [-0.15, -0.1) is 0 Å². The van der Waals surface area contributed by atoms with E-state index in [9.17, 15) is 28.7 Å². The Balaban J connectivity index is 1.19. The van der Waals surface area contributed by atoms with Crippen LogP contribution in [0.15, 0.2) is 103 Å². The molecule has 6 unspecified atom stereocenters. The van der Waals surface area contributed by atoms with Gasteiger partial charge in [-0.3, -0.25) is 24.1 Å². The summed E-state index contributed by atoms with van der Waals surface area (Å²) in [4.78, 5) is 59.7. The lowest BCUT2D eigenvalue weighted by Crippen LogP contribution is -2.48. The van der Waals surface area contributed by atoms with E-state index >= 15 is 0 Å². The number of allylic oxidation sites excluding steroid dienone is 2. The van der Waals surface area contributed by atoms with E-state index in [0.29, 0.717) is 17.0 Å². The number of nitrogens with zero attached hydrogens (tertiary/aromatic N) is 2. The molecule has 1 saturated carbocycles. The number of benzene rings is 4. The average molecular weight is 706 g/mol. The van der Waals surface area contributed by atoms with Gasteiger partial charge in [-0.2, -0.15) is 0 Å². The smallest absolute Gasteiger partial charge is 0.241 e. The summed E-state index contributed by atoms with van der Waals surface area (Å²) in [6.45, 7) is 1.71. The van der Waals surface area contributed by atoms with Crippen molar-refractivity contribution in [1.29, 1.82) is 0 Å². The zero-order valence-electron chi connectivity index (χ0n) is 27.7. The number of phenolic OH excluding ortho intramolecular Hbond substituents is 1. The first kappa shape index (κ1) is 32.7. The first-order valence-electron chi connectivity index (χ1n) is 16.7. The van der Waals surface area contributed by atoms with Crippen LogP contribution in [0.1, 0.15) is 31.2 Å². The number of amides is 4. The van der Waals surface area contributed by atoms with Crippen LogP contribution < -0.4 is 19.9 Å². The Bertz CT molecular complexity index is 2160. The minimum absolute atomic E-state index is 0.125. The largest absolute Gasteiger partial charge is 0.508 e. The van der Waals surface area contributed by atoms with Gasteiger partial charge in [-0.05, 0) is 86.3 Å². The number of aromatic hydroxyl groups is 1. The van der Waals surface area contributed by atoms with Gasteiger partial charge in [-0.25, -0.2) is 9.29 Å². The summed E-state index contributed by atoms with van der Waals surface area (Å²) in [5, 5.41) is 14.4. The number of para-hydroxylation sites is 1. The minimum Gasteiger partial charge on any atom is -0.508 e. The van der Waals surface area contributed by atoms with Crippen LogP contribution in [-0.2, 0) is 19.2 Å². The topological polar surface area (TPSA) is 116 Å². The normalized spacial score (nSPS) is 26.8. The molecule has 258 valence electrons. The molecule has 4 aliphatic rings. The summed E-state index contributed by atoms with van der Waals surface area (Å²) in [6, 6.07) is 25.2. The maximum atomic E-state index is 14.6. The summed E-state index contributed by atoms with van der Waals surface area (Å²) in [7, 11) is 1.47. The van der Waals surface area contributed by atoms with E-state index in [1.807, 2.05) is 48.5 Å². The van der Waals surface area contributed by atoms with E-state index in [1.165, 1.54) is 30.2 Å². The van der Waals surface area contributed by atoms with Gasteiger partial charge in [0.05, 0.1) is 46.7 Å². The van der Waals surface area contributed by atoms with Gasteiger partial charge in [0.25, 0.3) is 0 Å². The quantitative estimate of drug-likeness (QED) is 0.159. The summed E-state index contributed by atoms with van der Waals surface area (Å²) in [6.07, 6.45) is 2.29. The van der Waals surface area contributed by atoms with Crippen molar-refractivity contribution in [3.63, 3.8) is 0 Å². The molecule has 2 saturated heterocycles. The molecule has 6 atom stereocenters. The molecule has 8 rings (SSSR count). The third-order valence-electron chi connectivity index (χ3n) is 11.2. The number of halogens is 2. The Morgan fingerprint density at radius 1 is 0.843 bits per heavy atom. The number of anilines is 4. The fraction of sp³-hybridized carbons (Fsp3) is 0.250. The lowest BCUT2D eigenvalue weighted by Gasteiger charge is -2.49. The van der Waals surface area contributed by atoms with Crippen molar-refractivity contribution >= 4 is 58.0 Å². The number of phenols is 1. The first-order chi connectivity index (χ1) is 24.5. The molecular weight excluding hydrogens is 673 g/mol. The highest BCUT2D eigenvalue weighted by atomic mass is 35.5. The number of imide groups is 2. The number of nitrogens with one attached hydrogen (secondary N) is 1. The van der Waals surface area contributed by atoms with Crippen LogP contribution >= 0.6 is 11.6 Å². The number of hydrogen-bond acceptors (Lipinski definition) is 7. The second-order valence-electron chi connectivity index (χ2n) is 13.7. The van der Waals surface area contributed by atoms with Crippen molar-refractivity contribution in [2.45, 2.75) is 25.7 Å². The third kappa shape index (κ3) is 4.95. The molecule has 4 aromatic rings. The van der Waals surface area contributed by atoms with Crippen LogP contribution in [0, 0.1) is 34.9 Å². The van der Waals surface area contributed by atoms with Crippen LogP contribution in [-0.4, -0.2) is 35.8 Å². The molecular formula is C40H33ClFN3O6. The molecule has 3 fully saturated rings. The molecule has 4 amide bonds. The minimum atomic E-state index is -1.40. The van der Waals surface area contributed by atoms with Gasteiger partial charge in [-0.1, -0.05) is 47.5 Å². The van der Waals surface area contributed by atoms with Crippen LogP contribution in [0.25, 0.3) is 0 Å². The fourth-order valence-corrected chi connectivity index (χ4v) is 8.94. The summed E-state index contributed by atoms with van der Waals surface area (Å²) >= 11 is 6.09. The van der Waals surface area contributed by atoms with Crippen molar-refractivity contribution in [2.24, 2.45) is 29.1 Å². The fourth-order valence-electron chi connectivity index (χ4n) is 8.76. The molecule has 0 bridgehead atoms. The second kappa shape index (κ2) is 12.1. The number of fused-ring (bicyclic) bond motifs is 4. The standard InChI is InChI=1S/C40H33ClFN3O6/c1-40-30(37(48)45(39(40)50)24-12-17-32(42)31(41)18-24)20-29-26(35(40)27-14-13-25(51-2)19-33(27)46)15-16-28-34(29)38(49)44(36(28)47)23-10-8-22(9-11-23)43-21-6-4-3-5-7-21/h3-15,17-19,28-30,34-35,43,46H,16,20H2,1-2H3. The maximum absolute atomic E-state index is 14.6. The summed E-state index contributed by atoms with van der Waals surface area (Å²) in [5.41, 5.74) is 1.97. The molecule has 2 heterocycles. The van der Waals surface area contributed by atoms with E-state index < -0.39 is 52.6 Å². The molecule has 51 heavy (non-hydrogen) atoms. The van der Waals surface area contributed by atoms with Crippen LogP contribution in [0.5, 0.6) is 11.5 Å². The van der Waals surface area contributed by atoms with Gasteiger partial charge in [0.1, 0.15) is 17.3 Å². The van der Waals surface area contributed by atoms with Crippen LogP contribution in [0.4, 0.5) is 27.1 Å². The molecule has 2 N–H and O–H groups in total. The Kier molecular flexibility index (Phi) is 7.75. The first-order valence-corrected chi connectivity index (χ1v) is 17.1. The van der Waals surface area contributed by atoms with Crippen LogP contribution in [0.3, 0.4) is 0 Å². The van der Waals surface area contributed by atoms with Gasteiger partial charge in [0, 0.05) is 28.9 Å². The lowest BCUT2D eigenvalue weighted by molar-refractivity contribution is -0.131. The van der Waals surface area contributed by atoms with Crippen molar-refractivity contribution in [3.8, 4) is 11.5 Å². The Labute approximate surface area is 298 Å². The highest BCUT2D eigenvalue weighted by molar-refractivity contribution is 6.32. The number of carbonyl (C=O) groups is 4. The van der Waals surface area contributed by atoms with Gasteiger partial charge in [0.2, 0.25) is 23.6 Å². The van der Waals surface area contributed by atoms with E-state index in [0.717, 1.165) is 27.9 Å². The van der Waals surface area contributed by atoms with Gasteiger partial charge < -0.3 is 15.2 Å². The average Bonchev–Trinajstić information content (AvgIpc) is 3.50. The molecule has 0 radical (unpaired) electrons. The zero-order chi connectivity index (χ0) is 35.8. The molecule has 2 aliphatic heterocycles. The Morgan fingerprint density at radius 3 is 2.24 bits per heavy atom. The van der Waals surface area contributed by atoms with Crippen LogP contribution in [0.2, 0.25) is 5.02 Å².